The molecule has 0 aliphatic heterocycles. The second kappa shape index (κ2) is 7.81. The van der Waals surface area contributed by atoms with Crippen molar-refractivity contribution in [2.75, 3.05) is 0 Å². The van der Waals surface area contributed by atoms with Crippen molar-refractivity contribution in [3.8, 4) is 22.6 Å². The zero-order chi connectivity index (χ0) is 20.6. The third-order valence-electron chi connectivity index (χ3n) is 4.91. The fourth-order valence-corrected chi connectivity index (χ4v) is 3.93. The van der Waals surface area contributed by atoms with Crippen LogP contribution in [0, 0.1) is 20.8 Å². The summed E-state index contributed by atoms with van der Waals surface area (Å²) < 4.78 is 6.11. The minimum absolute atomic E-state index is 0.0971. The van der Waals surface area contributed by atoms with Crippen LogP contribution < -0.4 is 4.74 Å². The molecule has 28 heavy (non-hydrogen) atoms. The van der Waals surface area contributed by atoms with Gasteiger partial charge in [0, 0.05) is 0 Å². The van der Waals surface area contributed by atoms with Gasteiger partial charge >= 0.3 is 0 Å². The molecule has 0 saturated carbocycles. The van der Waals surface area contributed by atoms with Crippen LogP contribution in [-0.4, -0.2) is 0 Å². The predicted octanol–water partition coefficient (Wildman–Crippen LogP) is 8.68. The van der Waals surface area contributed by atoms with Crippen LogP contribution in [0.1, 0.15) is 43.0 Å². The number of benzene rings is 3. The molecule has 0 radical (unpaired) electrons. The Hall–Kier alpha value is -1.96. The summed E-state index contributed by atoms with van der Waals surface area (Å²) in [5.41, 5.74) is 7.17. The zero-order valence-corrected chi connectivity index (χ0v) is 18.8. The molecule has 0 fully saturated rings. The van der Waals surface area contributed by atoms with Crippen LogP contribution in [0.4, 0.5) is 0 Å². The first-order chi connectivity index (χ1) is 13.1. The van der Waals surface area contributed by atoms with Crippen LogP contribution in [0.15, 0.2) is 48.5 Å². The van der Waals surface area contributed by atoms with Gasteiger partial charge in [0.15, 0.2) is 0 Å². The van der Waals surface area contributed by atoms with Crippen molar-refractivity contribution in [3.63, 3.8) is 0 Å². The smallest absolute Gasteiger partial charge is 0.148 e. The second-order valence-corrected chi connectivity index (χ2v) is 9.21. The van der Waals surface area contributed by atoms with Crippen LogP contribution in [0.25, 0.3) is 11.1 Å². The summed E-state index contributed by atoms with van der Waals surface area (Å²) in [5, 5.41) is 0.910. The van der Waals surface area contributed by atoms with E-state index in [2.05, 4.69) is 65.8 Å². The molecule has 0 bridgehead atoms. The van der Waals surface area contributed by atoms with Crippen LogP contribution in [0.5, 0.6) is 11.5 Å². The first-order valence-electron chi connectivity index (χ1n) is 9.42. The average molecular weight is 413 g/mol. The molecule has 0 spiro atoms. The molecule has 0 heterocycles. The second-order valence-electron chi connectivity index (χ2n) is 8.42. The van der Waals surface area contributed by atoms with Gasteiger partial charge in [-0.05, 0) is 78.3 Å². The highest BCUT2D eigenvalue weighted by atomic mass is 35.5. The monoisotopic (exact) mass is 412 g/mol. The number of hydrogen-bond donors (Lipinski definition) is 0. The van der Waals surface area contributed by atoms with Crippen molar-refractivity contribution in [1.82, 2.24) is 0 Å². The molecule has 0 N–H and O–H groups in total. The summed E-state index contributed by atoms with van der Waals surface area (Å²) in [6.45, 7) is 12.9. The topological polar surface area (TPSA) is 9.23 Å². The van der Waals surface area contributed by atoms with E-state index in [0.29, 0.717) is 15.8 Å². The maximum atomic E-state index is 6.45. The van der Waals surface area contributed by atoms with Gasteiger partial charge < -0.3 is 4.74 Å². The number of rotatable bonds is 3. The molecule has 1 nitrogen and oxygen atoms in total. The lowest BCUT2D eigenvalue weighted by atomic mass is 9.87. The van der Waals surface area contributed by atoms with E-state index in [1.165, 1.54) is 22.3 Å². The lowest BCUT2D eigenvalue weighted by Gasteiger charge is -2.19. The molecular formula is C25H26Cl2O. The van der Waals surface area contributed by atoms with Crippen molar-refractivity contribution in [1.29, 1.82) is 0 Å². The highest BCUT2D eigenvalue weighted by Crippen LogP contribution is 2.41. The first-order valence-corrected chi connectivity index (χ1v) is 10.2. The molecular weight excluding hydrogens is 387 g/mol. The van der Waals surface area contributed by atoms with E-state index in [-0.39, 0.29) is 5.41 Å². The SMILES string of the molecule is Cc1cc(C)c(-c2cc(Cl)c(Cl)c(Oc3ccc(C(C)(C)C)cc3)c2)c(C)c1. The first kappa shape index (κ1) is 20.8. The van der Waals surface area contributed by atoms with Gasteiger partial charge in [0.05, 0.1) is 5.02 Å². The Morgan fingerprint density at radius 2 is 1.36 bits per heavy atom. The molecule has 3 aromatic rings. The molecule has 0 aliphatic rings. The van der Waals surface area contributed by atoms with Crippen LogP contribution in [0.2, 0.25) is 10.0 Å². The van der Waals surface area contributed by atoms with E-state index in [0.717, 1.165) is 16.9 Å². The number of hydrogen-bond acceptors (Lipinski definition) is 1. The van der Waals surface area contributed by atoms with Crippen molar-refractivity contribution in [2.45, 2.75) is 47.0 Å². The predicted molar refractivity (Wildman–Crippen MR) is 121 cm³/mol. The highest BCUT2D eigenvalue weighted by molar-refractivity contribution is 6.43. The molecule has 3 rings (SSSR count). The van der Waals surface area contributed by atoms with Crippen molar-refractivity contribution in [3.05, 3.63) is 80.8 Å². The minimum atomic E-state index is 0.0971. The number of halogens is 2. The van der Waals surface area contributed by atoms with Crippen molar-refractivity contribution >= 4 is 23.2 Å². The summed E-state index contributed by atoms with van der Waals surface area (Å²) in [4.78, 5) is 0. The lowest BCUT2D eigenvalue weighted by molar-refractivity contribution is 0.482. The van der Waals surface area contributed by atoms with Gasteiger partial charge in [-0.2, -0.15) is 0 Å². The standard InChI is InChI=1S/C25H26Cl2O/c1-15-11-16(2)23(17(3)12-15)18-13-21(26)24(27)22(14-18)28-20-9-7-19(8-10-20)25(4,5)6/h7-14H,1-6H3. The molecule has 0 atom stereocenters. The summed E-state index contributed by atoms with van der Waals surface area (Å²) in [6.07, 6.45) is 0. The van der Waals surface area contributed by atoms with Gasteiger partial charge in [-0.3, -0.25) is 0 Å². The molecule has 0 saturated heterocycles. The summed E-state index contributed by atoms with van der Waals surface area (Å²) in [5.74, 6) is 1.30. The summed E-state index contributed by atoms with van der Waals surface area (Å²) >= 11 is 12.9. The molecule has 3 heteroatoms. The quantitative estimate of drug-likeness (QED) is 0.417. The Morgan fingerprint density at radius 3 is 1.89 bits per heavy atom. The van der Waals surface area contributed by atoms with E-state index in [1.807, 2.05) is 24.3 Å². The Balaban J connectivity index is 2.01. The van der Waals surface area contributed by atoms with Crippen LogP contribution in [0.3, 0.4) is 0 Å². The number of aryl methyl sites for hydroxylation is 3. The van der Waals surface area contributed by atoms with E-state index in [4.69, 9.17) is 27.9 Å². The van der Waals surface area contributed by atoms with E-state index < -0.39 is 0 Å². The zero-order valence-electron chi connectivity index (χ0n) is 17.3. The third kappa shape index (κ3) is 4.37. The molecule has 3 aromatic carbocycles. The van der Waals surface area contributed by atoms with Crippen LogP contribution in [-0.2, 0) is 5.41 Å². The van der Waals surface area contributed by atoms with E-state index in [9.17, 15) is 0 Å². The minimum Gasteiger partial charge on any atom is -0.456 e. The Bertz CT molecular complexity index is 989. The largest absolute Gasteiger partial charge is 0.456 e. The van der Waals surface area contributed by atoms with E-state index >= 15 is 0 Å². The molecule has 0 unspecified atom stereocenters. The van der Waals surface area contributed by atoms with E-state index in [1.54, 1.807) is 0 Å². The fraction of sp³-hybridized carbons (Fsp3) is 0.280. The normalized spacial score (nSPS) is 11.6. The lowest BCUT2D eigenvalue weighted by Crippen LogP contribution is -2.10. The summed E-state index contributed by atoms with van der Waals surface area (Å²) in [7, 11) is 0. The highest BCUT2D eigenvalue weighted by Gasteiger charge is 2.16. The maximum absolute atomic E-state index is 6.45. The maximum Gasteiger partial charge on any atom is 0.148 e. The van der Waals surface area contributed by atoms with Gasteiger partial charge in [-0.25, -0.2) is 0 Å². The van der Waals surface area contributed by atoms with Gasteiger partial charge in [0.1, 0.15) is 16.5 Å². The Labute approximate surface area is 178 Å². The molecule has 0 aliphatic carbocycles. The fourth-order valence-electron chi connectivity index (χ4n) is 3.57. The molecule has 0 aromatic heterocycles. The van der Waals surface area contributed by atoms with Gasteiger partial charge in [0.2, 0.25) is 0 Å². The van der Waals surface area contributed by atoms with Crippen LogP contribution >= 0.6 is 23.2 Å². The van der Waals surface area contributed by atoms with Gasteiger partial charge in [-0.1, -0.05) is 73.8 Å². The number of ether oxygens (including phenoxy) is 1. The van der Waals surface area contributed by atoms with Gasteiger partial charge in [-0.15, -0.1) is 0 Å². The Morgan fingerprint density at radius 1 is 0.786 bits per heavy atom. The van der Waals surface area contributed by atoms with Gasteiger partial charge in [0.25, 0.3) is 0 Å². The Kier molecular flexibility index (Phi) is 5.79. The third-order valence-corrected chi connectivity index (χ3v) is 5.69. The van der Waals surface area contributed by atoms with Crippen molar-refractivity contribution in [2.24, 2.45) is 0 Å². The van der Waals surface area contributed by atoms with Crippen molar-refractivity contribution < 1.29 is 4.74 Å². The molecule has 146 valence electrons. The summed E-state index contributed by atoms with van der Waals surface area (Å²) in [6, 6.07) is 16.3. The molecule has 0 amide bonds. The average Bonchev–Trinajstić information content (AvgIpc) is 2.58.